The first-order chi connectivity index (χ1) is 6.74. The van der Waals surface area contributed by atoms with Crippen molar-refractivity contribution in [2.75, 3.05) is 6.54 Å². The SMILES string of the molecule is CCC(Br)CNC(=O)c1ccccc1. The Morgan fingerprint density at radius 1 is 1.43 bits per heavy atom. The van der Waals surface area contributed by atoms with Gasteiger partial charge in [0.1, 0.15) is 0 Å². The maximum Gasteiger partial charge on any atom is 0.251 e. The quantitative estimate of drug-likeness (QED) is 0.824. The van der Waals surface area contributed by atoms with E-state index < -0.39 is 0 Å². The number of hydrogen-bond acceptors (Lipinski definition) is 1. The summed E-state index contributed by atoms with van der Waals surface area (Å²) in [5.41, 5.74) is 0.711. The minimum atomic E-state index is -0.0106. The molecule has 76 valence electrons. The molecule has 1 amide bonds. The third kappa shape index (κ3) is 3.50. The number of halogens is 1. The summed E-state index contributed by atoms with van der Waals surface area (Å²) in [6.07, 6.45) is 1.01. The summed E-state index contributed by atoms with van der Waals surface area (Å²) >= 11 is 3.46. The molecule has 0 aliphatic heterocycles. The summed E-state index contributed by atoms with van der Waals surface area (Å²) < 4.78 is 0. The largest absolute Gasteiger partial charge is 0.351 e. The van der Waals surface area contributed by atoms with E-state index in [0.717, 1.165) is 6.42 Å². The Labute approximate surface area is 92.8 Å². The van der Waals surface area contributed by atoms with Crippen LogP contribution in [0.15, 0.2) is 30.3 Å². The fraction of sp³-hybridized carbons (Fsp3) is 0.364. The van der Waals surface area contributed by atoms with Gasteiger partial charge in [-0.25, -0.2) is 0 Å². The van der Waals surface area contributed by atoms with Crippen LogP contribution in [0.1, 0.15) is 23.7 Å². The molecule has 2 nitrogen and oxygen atoms in total. The van der Waals surface area contributed by atoms with Crippen molar-refractivity contribution < 1.29 is 4.79 Å². The highest BCUT2D eigenvalue weighted by Gasteiger charge is 2.06. The summed E-state index contributed by atoms with van der Waals surface area (Å²) in [7, 11) is 0. The van der Waals surface area contributed by atoms with Crippen LogP contribution in [0.25, 0.3) is 0 Å². The number of alkyl halides is 1. The summed E-state index contributed by atoms with van der Waals surface area (Å²) in [4.78, 5) is 11.9. The molecular weight excluding hydrogens is 242 g/mol. The molecule has 1 unspecified atom stereocenters. The molecule has 0 heterocycles. The van der Waals surface area contributed by atoms with Crippen molar-refractivity contribution >= 4 is 21.8 Å². The highest BCUT2D eigenvalue weighted by atomic mass is 79.9. The molecule has 0 saturated carbocycles. The highest BCUT2D eigenvalue weighted by molar-refractivity contribution is 9.09. The number of nitrogens with one attached hydrogen (secondary N) is 1. The topological polar surface area (TPSA) is 29.1 Å². The maximum atomic E-state index is 11.5. The van der Waals surface area contributed by atoms with E-state index in [1.807, 2.05) is 30.3 Å². The second kappa shape index (κ2) is 5.81. The molecule has 0 aromatic heterocycles. The predicted octanol–water partition coefficient (Wildman–Crippen LogP) is 2.59. The summed E-state index contributed by atoms with van der Waals surface area (Å²) in [6.45, 7) is 2.75. The van der Waals surface area contributed by atoms with Crippen LogP contribution in [0.2, 0.25) is 0 Å². The van der Waals surface area contributed by atoms with Crippen LogP contribution in [-0.4, -0.2) is 17.3 Å². The third-order valence-corrected chi connectivity index (χ3v) is 2.93. The lowest BCUT2D eigenvalue weighted by molar-refractivity contribution is 0.0954. The van der Waals surface area contributed by atoms with Crippen molar-refractivity contribution in [3.05, 3.63) is 35.9 Å². The number of hydrogen-bond donors (Lipinski definition) is 1. The van der Waals surface area contributed by atoms with E-state index in [2.05, 4.69) is 28.2 Å². The molecule has 1 N–H and O–H groups in total. The standard InChI is InChI=1S/C11H14BrNO/c1-2-10(12)8-13-11(14)9-6-4-3-5-7-9/h3-7,10H,2,8H2,1H3,(H,13,14). The molecule has 1 aromatic carbocycles. The zero-order valence-corrected chi connectivity index (χ0v) is 9.75. The van der Waals surface area contributed by atoms with Crippen LogP contribution in [0, 0.1) is 0 Å². The van der Waals surface area contributed by atoms with Gasteiger partial charge >= 0.3 is 0 Å². The molecule has 1 rings (SSSR count). The molecule has 14 heavy (non-hydrogen) atoms. The van der Waals surface area contributed by atoms with Crippen LogP contribution in [0.4, 0.5) is 0 Å². The summed E-state index contributed by atoms with van der Waals surface area (Å²) in [5.74, 6) is -0.0106. The zero-order chi connectivity index (χ0) is 10.4. The fourth-order valence-electron chi connectivity index (χ4n) is 1.04. The number of carbonyl (C=O) groups is 1. The smallest absolute Gasteiger partial charge is 0.251 e. The van der Waals surface area contributed by atoms with Gasteiger partial charge in [-0.2, -0.15) is 0 Å². The Kier molecular flexibility index (Phi) is 4.66. The van der Waals surface area contributed by atoms with Gasteiger partial charge in [-0.3, -0.25) is 4.79 Å². The van der Waals surface area contributed by atoms with Gasteiger partial charge in [0.2, 0.25) is 0 Å². The van der Waals surface area contributed by atoms with Crippen LogP contribution in [-0.2, 0) is 0 Å². The Morgan fingerprint density at radius 3 is 2.64 bits per heavy atom. The Morgan fingerprint density at radius 2 is 2.07 bits per heavy atom. The van der Waals surface area contributed by atoms with E-state index >= 15 is 0 Å². The average Bonchev–Trinajstić information content (AvgIpc) is 2.26. The van der Waals surface area contributed by atoms with Crippen LogP contribution in [0.5, 0.6) is 0 Å². The summed E-state index contributed by atoms with van der Waals surface area (Å²) in [5, 5.41) is 2.86. The molecule has 0 fully saturated rings. The van der Waals surface area contributed by atoms with Gasteiger partial charge in [0.25, 0.3) is 5.91 Å². The van der Waals surface area contributed by atoms with Crippen molar-refractivity contribution in [1.29, 1.82) is 0 Å². The molecule has 0 aliphatic rings. The fourth-order valence-corrected chi connectivity index (χ4v) is 1.20. The Bertz CT molecular complexity index is 287. The molecule has 1 atom stereocenters. The lowest BCUT2D eigenvalue weighted by Gasteiger charge is -2.08. The van der Waals surface area contributed by atoms with Gasteiger partial charge in [-0.1, -0.05) is 41.1 Å². The van der Waals surface area contributed by atoms with Crippen molar-refractivity contribution in [1.82, 2.24) is 5.32 Å². The van der Waals surface area contributed by atoms with Crippen molar-refractivity contribution in [3.8, 4) is 0 Å². The van der Waals surface area contributed by atoms with Crippen LogP contribution < -0.4 is 5.32 Å². The van der Waals surface area contributed by atoms with Gasteiger partial charge in [0.05, 0.1) is 0 Å². The van der Waals surface area contributed by atoms with E-state index in [1.165, 1.54) is 0 Å². The van der Waals surface area contributed by atoms with Crippen molar-refractivity contribution in [3.63, 3.8) is 0 Å². The van der Waals surface area contributed by atoms with Gasteiger partial charge in [0, 0.05) is 16.9 Å². The van der Waals surface area contributed by atoms with Gasteiger partial charge < -0.3 is 5.32 Å². The second-order valence-corrected chi connectivity index (χ2v) is 4.38. The lowest BCUT2D eigenvalue weighted by atomic mass is 10.2. The van der Waals surface area contributed by atoms with Crippen LogP contribution >= 0.6 is 15.9 Å². The first kappa shape index (κ1) is 11.2. The first-order valence-corrected chi connectivity index (χ1v) is 5.63. The van der Waals surface area contributed by atoms with Crippen molar-refractivity contribution in [2.24, 2.45) is 0 Å². The molecule has 0 spiro atoms. The molecular formula is C11H14BrNO. The maximum absolute atomic E-state index is 11.5. The average molecular weight is 256 g/mol. The number of amides is 1. The predicted molar refractivity (Wildman–Crippen MR) is 61.8 cm³/mol. The molecule has 0 aliphatic carbocycles. The molecule has 0 bridgehead atoms. The van der Waals surface area contributed by atoms with Gasteiger partial charge in [-0.15, -0.1) is 0 Å². The lowest BCUT2D eigenvalue weighted by Crippen LogP contribution is -2.29. The molecule has 0 radical (unpaired) electrons. The minimum Gasteiger partial charge on any atom is -0.351 e. The van der Waals surface area contributed by atoms with Gasteiger partial charge in [-0.05, 0) is 18.6 Å². The van der Waals surface area contributed by atoms with Gasteiger partial charge in [0.15, 0.2) is 0 Å². The van der Waals surface area contributed by atoms with Crippen molar-refractivity contribution in [2.45, 2.75) is 18.2 Å². The number of carbonyl (C=O) groups excluding carboxylic acids is 1. The molecule has 1 aromatic rings. The van der Waals surface area contributed by atoms with E-state index in [9.17, 15) is 4.79 Å². The molecule has 0 saturated heterocycles. The Hall–Kier alpha value is -0.830. The van der Waals surface area contributed by atoms with E-state index in [-0.39, 0.29) is 5.91 Å². The minimum absolute atomic E-state index is 0.0106. The Balaban J connectivity index is 2.44. The van der Waals surface area contributed by atoms with E-state index in [0.29, 0.717) is 16.9 Å². The van der Waals surface area contributed by atoms with Crippen LogP contribution in [0.3, 0.4) is 0 Å². The highest BCUT2D eigenvalue weighted by Crippen LogP contribution is 2.03. The second-order valence-electron chi connectivity index (χ2n) is 3.08. The normalized spacial score (nSPS) is 12.1. The summed E-state index contributed by atoms with van der Waals surface area (Å²) in [6, 6.07) is 9.24. The molecule has 3 heteroatoms. The first-order valence-electron chi connectivity index (χ1n) is 4.71. The van der Waals surface area contributed by atoms with E-state index in [1.54, 1.807) is 0 Å². The third-order valence-electron chi connectivity index (χ3n) is 1.96. The zero-order valence-electron chi connectivity index (χ0n) is 8.16. The number of rotatable bonds is 4. The van der Waals surface area contributed by atoms with E-state index in [4.69, 9.17) is 0 Å². The monoisotopic (exact) mass is 255 g/mol. The number of benzene rings is 1.